The summed E-state index contributed by atoms with van der Waals surface area (Å²) < 4.78 is 64.9. The van der Waals surface area contributed by atoms with E-state index in [1.54, 1.807) is 0 Å². The van der Waals surface area contributed by atoms with E-state index in [1.807, 2.05) is 0 Å². The first-order valence-electron chi connectivity index (χ1n) is 7.35. The van der Waals surface area contributed by atoms with E-state index in [1.165, 1.54) is 0 Å². The van der Waals surface area contributed by atoms with Crippen LogP contribution in [0.25, 0.3) is 0 Å². The second-order valence-electron chi connectivity index (χ2n) is 5.79. The van der Waals surface area contributed by atoms with Crippen LogP contribution in [0.2, 0.25) is 0 Å². The monoisotopic (exact) mass is 335 g/mol. The largest absolute Gasteiger partial charge is 0.303 e. The van der Waals surface area contributed by atoms with Gasteiger partial charge in [0.2, 0.25) is 0 Å². The van der Waals surface area contributed by atoms with E-state index in [-0.39, 0.29) is 11.5 Å². The highest BCUT2D eigenvalue weighted by Crippen LogP contribution is 2.34. The van der Waals surface area contributed by atoms with Gasteiger partial charge in [-0.2, -0.15) is 0 Å². The van der Waals surface area contributed by atoms with E-state index in [4.69, 9.17) is 0 Å². The van der Waals surface area contributed by atoms with Crippen LogP contribution in [-0.4, -0.2) is 39.2 Å². The van der Waals surface area contributed by atoms with Crippen LogP contribution in [0.15, 0.2) is 11.0 Å². The minimum Gasteiger partial charge on any atom is -0.303 e. The summed E-state index contributed by atoms with van der Waals surface area (Å²) in [6, 6.07) is 0.805. The molecule has 0 unspecified atom stereocenters. The van der Waals surface area contributed by atoms with E-state index in [2.05, 4.69) is 11.8 Å². The van der Waals surface area contributed by atoms with Crippen molar-refractivity contribution in [3.8, 4) is 0 Å². The van der Waals surface area contributed by atoms with E-state index < -0.39 is 32.2 Å². The topological polar surface area (TPSA) is 37.4 Å². The SMILES string of the molecule is CCCN1CCC(c2cc(F)c(F)c(S(C)(=O)=O)c2F)CC1. The van der Waals surface area contributed by atoms with Gasteiger partial charge in [0.15, 0.2) is 21.5 Å². The summed E-state index contributed by atoms with van der Waals surface area (Å²) in [4.78, 5) is 1.07. The lowest BCUT2D eigenvalue weighted by Gasteiger charge is -2.32. The molecule has 0 aliphatic carbocycles. The van der Waals surface area contributed by atoms with Crippen molar-refractivity contribution in [2.24, 2.45) is 0 Å². The van der Waals surface area contributed by atoms with Gasteiger partial charge in [-0.3, -0.25) is 0 Å². The third-order valence-corrected chi connectivity index (χ3v) is 5.18. The summed E-state index contributed by atoms with van der Waals surface area (Å²) in [5.41, 5.74) is -0.0320. The molecule has 1 aromatic carbocycles. The molecule has 124 valence electrons. The number of hydrogen-bond acceptors (Lipinski definition) is 3. The van der Waals surface area contributed by atoms with Crippen molar-refractivity contribution in [2.45, 2.75) is 37.0 Å². The van der Waals surface area contributed by atoms with Gasteiger partial charge in [-0.05, 0) is 56.4 Å². The predicted molar refractivity (Wildman–Crippen MR) is 78.1 cm³/mol. The summed E-state index contributed by atoms with van der Waals surface area (Å²) in [5.74, 6) is -4.38. The van der Waals surface area contributed by atoms with Crippen molar-refractivity contribution in [1.29, 1.82) is 0 Å². The molecule has 0 spiro atoms. The Balaban J connectivity index is 2.36. The lowest BCUT2D eigenvalue weighted by Crippen LogP contribution is -2.33. The van der Waals surface area contributed by atoms with E-state index in [0.717, 1.165) is 32.1 Å². The summed E-state index contributed by atoms with van der Waals surface area (Å²) in [7, 11) is -4.17. The fourth-order valence-corrected chi connectivity index (χ4v) is 3.87. The minimum atomic E-state index is -4.17. The molecule has 1 aromatic rings. The van der Waals surface area contributed by atoms with Crippen molar-refractivity contribution < 1.29 is 21.6 Å². The summed E-state index contributed by atoms with van der Waals surface area (Å²) in [6.45, 7) is 4.50. The number of rotatable bonds is 4. The van der Waals surface area contributed by atoms with Crippen LogP contribution >= 0.6 is 0 Å². The molecule has 0 saturated carbocycles. The molecule has 22 heavy (non-hydrogen) atoms. The normalized spacial score (nSPS) is 17.9. The van der Waals surface area contributed by atoms with E-state index >= 15 is 0 Å². The Labute approximate surface area is 129 Å². The quantitative estimate of drug-likeness (QED) is 0.794. The molecule has 0 N–H and O–H groups in total. The first kappa shape index (κ1) is 17.3. The van der Waals surface area contributed by atoms with Crippen LogP contribution < -0.4 is 0 Å². The maximum absolute atomic E-state index is 14.4. The Bertz CT molecular complexity index is 653. The van der Waals surface area contributed by atoms with Crippen molar-refractivity contribution in [3.05, 3.63) is 29.1 Å². The van der Waals surface area contributed by atoms with Crippen LogP contribution in [0, 0.1) is 17.5 Å². The van der Waals surface area contributed by atoms with Crippen LogP contribution in [0.4, 0.5) is 13.2 Å². The Morgan fingerprint density at radius 1 is 1.18 bits per heavy atom. The zero-order chi connectivity index (χ0) is 16.5. The molecule has 7 heteroatoms. The summed E-state index contributed by atoms with van der Waals surface area (Å²) >= 11 is 0. The molecule has 0 aromatic heterocycles. The van der Waals surface area contributed by atoms with Crippen LogP contribution in [0.5, 0.6) is 0 Å². The van der Waals surface area contributed by atoms with Crippen LogP contribution in [-0.2, 0) is 9.84 Å². The fourth-order valence-electron chi connectivity index (χ4n) is 3.01. The van der Waals surface area contributed by atoms with Crippen molar-refractivity contribution in [3.63, 3.8) is 0 Å². The van der Waals surface area contributed by atoms with Gasteiger partial charge in [0.05, 0.1) is 0 Å². The number of halogens is 3. The molecule has 1 fully saturated rings. The van der Waals surface area contributed by atoms with E-state index in [0.29, 0.717) is 19.1 Å². The third-order valence-electron chi connectivity index (χ3n) is 4.08. The molecule has 0 radical (unpaired) electrons. The van der Waals surface area contributed by atoms with Gasteiger partial charge in [0, 0.05) is 6.26 Å². The molecule has 1 aliphatic heterocycles. The second kappa shape index (κ2) is 6.58. The van der Waals surface area contributed by atoms with Gasteiger partial charge >= 0.3 is 0 Å². The molecule has 2 rings (SSSR count). The fraction of sp³-hybridized carbons (Fsp3) is 0.600. The molecule has 1 heterocycles. The number of sulfone groups is 1. The number of benzene rings is 1. The maximum atomic E-state index is 14.4. The van der Waals surface area contributed by atoms with Gasteiger partial charge in [-0.1, -0.05) is 6.92 Å². The number of nitrogens with zero attached hydrogens (tertiary/aromatic N) is 1. The van der Waals surface area contributed by atoms with Crippen molar-refractivity contribution in [2.75, 3.05) is 25.9 Å². The molecule has 0 atom stereocenters. The first-order valence-corrected chi connectivity index (χ1v) is 9.24. The van der Waals surface area contributed by atoms with Crippen LogP contribution in [0.1, 0.15) is 37.7 Å². The van der Waals surface area contributed by atoms with Gasteiger partial charge in [-0.25, -0.2) is 21.6 Å². The van der Waals surface area contributed by atoms with Crippen molar-refractivity contribution >= 4 is 9.84 Å². The van der Waals surface area contributed by atoms with Gasteiger partial charge in [-0.15, -0.1) is 0 Å². The zero-order valence-corrected chi connectivity index (χ0v) is 13.5. The lowest BCUT2D eigenvalue weighted by atomic mass is 9.89. The second-order valence-corrected chi connectivity index (χ2v) is 7.75. The molecule has 1 saturated heterocycles. The molecular formula is C15H20F3NO2S. The molecule has 0 bridgehead atoms. The lowest BCUT2D eigenvalue weighted by molar-refractivity contribution is 0.210. The summed E-state index contributed by atoms with van der Waals surface area (Å²) in [6.07, 6.45) is 2.90. The van der Waals surface area contributed by atoms with Crippen molar-refractivity contribution in [1.82, 2.24) is 4.90 Å². The van der Waals surface area contributed by atoms with Crippen LogP contribution in [0.3, 0.4) is 0 Å². The Hall–Kier alpha value is -1.08. The average molecular weight is 335 g/mol. The average Bonchev–Trinajstić information content (AvgIpc) is 2.43. The Kier molecular flexibility index (Phi) is 5.17. The molecular weight excluding hydrogens is 315 g/mol. The number of likely N-dealkylation sites (tertiary alicyclic amines) is 1. The highest BCUT2D eigenvalue weighted by atomic mass is 32.2. The summed E-state index contributed by atoms with van der Waals surface area (Å²) in [5, 5.41) is 0. The molecule has 3 nitrogen and oxygen atoms in total. The minimum absolute atomic E-state index is 0.0320. The Morgan fingerprint density at radius 2 is 1.77 bits per heavy atom. The van der Waals surface area contributed by atoms with Gasteiger partial charge in [0.1, 0.15) is 10.7 Å². The zero-order valence-electron chi connectivity index (χ0n) is 12.7. The van der Waals surface area contributed by atoms with Gasteiger partial charge < -0.3 is 4.90 Å². The van der Waals surface area contributed by atoms with E-state index in [9.17, 15) is 21.6 Å². The highest BCUT2D eigenvalue weighted by Gasteiger charge is 2.30. The number of piperidine rings is 1. The highest BCUT2D eigenvalue weighted by molar-refractivity contribution is 7.90. The van der Waals surface area contributed by atoms with Gasteiger partial charge in [0.25, 0.3) is 0 Å². The smallest absolute Gasteiger partial charge is 0.181 e. The molecule has 0 amide bonds. The third kappa shape index (κ3) is 3.46. The standard InChI is InChI=1S/C15H20F3NO2S/c1-3-6-19-7-4-10(5-8-19)11-9-12(16)14(18)15(13(11)17)22(2,20)21/h9-10H,3-8H2,1-2H3. The number of hydrogen-bond donors (Lipinski definition) is 0. The molecule has 1 aliphatic rings. The predicted octanol–water partition coefficient (Wildman–Crippen LogP) is 3.10. The Morgan fingerprint density at radius 3 is 2.27 bits per heavy atom. The maximum Gasteiger partial charge on any atom is 0.181 e. The first-order chi connectivity index (χ1) is 10.3.